The molecule has 0 unspecified atom stereocenters. The third-order valence-corrected chi connectivity index (χ3v) is 4.77. The maximum Gasteiger partial charge on any atom is 0.211 e. The molecule has 0 rings (SSSR count). The van der Waals surface area contributed by atoms with Gasteiger partial charge in [-0.25, -0.2) is 13.1 Å². The normalized spacial score (nSPS) is 13.9. The van der Waals surface area contributed by atoms with Crippen molar-refractivity contribution in [1.29, 1.82) is 0 Å². The zero-order valence-corrected chi connectivity index (χ0v) is 14.7. The van der Waals surface area contributed by atoms with Crippen molar-refractivity contribution < 1.29 is 8.42 Å². The van der Waals surface area contributed by atoms with Crippen LogP contribution in [-0.4, -0.2) is 26.0 Å². The highest BCUT2D eigenvalue weighted by Crippen LogP contribution is 2.23. The Morgan fingerprint density at radius 3 is 2.06 bits per heavy atom. The van der Waals surface area contributed by atoms with Crippen LogP contribution >= 0.6 is 15.9 Å². The van der Waals surface area contributed by atoms with Crippen molar-refractivity contribution in [3.63, 3.8) is 0 Å². The van der Waals surface area contributed by atoms with Gasteiger partial charge in [0.2, 0.25) is 10.0 Å². The van der Waals surface area contributed by atoms with E-state index >= 15 is 0 Å². The minimum absolute atomic E-state index is 0.0164. The largest absolute Gasteiger partial charge is 0.215 e. The van der Waals surface area contributed by atoms with Crippen molar-refractivity contribution in [1.82, 2.24) is 4.72 Å². The van der Waals surface area contributed by atoms with E-state index in [4.69, 9.17) is 0 Å². The van der Waals surface area contributed by atoms with E-state index in [0.717, 1.165) is 18.2 Å². The van der Waals surface area contributed by atoms with Gasteiger partial charge < -0.3 is 0 Å². The predicted octanol–water partition coefficient (Wildman–Crippen LogP) is 3.54. The van der Waals surface area contributed by atoms with Crippen LogP contribution in [0.1, 0.15) is 53.9 Å². The van der Waals surface area contributed by atoms with E-state index in [1.165, 1.54) is 0 Å². The molecule has 5 heteroatoms. The molecular formula is C13H28BrNO2S. The van der Waals surface area contributed by atoms with Crippen LogP contribution < -0.4 is 4.72 Å². The maximum atomic E-state index is 11.9. The van der Waals surface area contributed by atoms with E-state index in [2.05, 4.69) is 55.3 Å². The number of nitrogens with one attached hydrogen (secondary N) is 1. The van der Waals surface area contributed by atoms with E-state index in [-0.39, 0.29) is 16.6 Å². The molecule has 0 amide bonds. The fourth-order valence-corrected chi connectivity index (χ4v) is 3.37. The molecule has 0 aliphatic heterocycles. The molecule has 0 aliphatic rings. The van der Waals surface area contributed by atoms with E-state index in [1.54, 1.807) is 0 Å². The number of hydrogen-bond donors (Lipinski definition) is 1. The molecule has 18 heavy (non-hydrogen) atoms. The van der Waals surface area contributed by atoms with Gasteiger partial charge >= 0.3 is 0 Å². The Bertz CT molecular complexity index is 331. The highest BCUT2D eigenvalue weighted by Gasteiger charge is 2.22. The topological polar surface area (TPSA) is 46.2 Å². The Morgan fingerprint density at radius 2 is 1.61 bits per heavy atom. The minimum atomic E-state index is -3.13. The first-order valence-electron chi connectivity index (χ1n) is 6.51. The number of halogens is 1. The van der Waals surface area contributed by atoms with Crippen molar-refractivity contribution in [3.05, 3.63) is 0 Å². The van der Waals surface area contributed by atoms with Crippen molar-refractivity contribution in [2.75, 3.05) is 17.6 Å². The molecule has 0 saturated heterocycles. The van der Waals surface area contributed by atoms with Crippen molar-refractivity contribution in [3.8, 4) is 0 Å². The second kappa shape index (κ2) is 7.25. The van der Waals surface area contributed by atoms with E-state index in [0.29, 0.717) is 13.0 Å². The molecule has 0 fully saturated rings. The minimum Gasteiger partial charge on any atom is -0.215 e. The second-order valence-corrected chi connectivity index (χ2v) is 9.63. The summed E-state index contributed by atoms with van der Waals surface area (Å²) in [6.45, 7) is 10.9. The Balaban J connectivity index is 4.18. The van der Waals surface area contributed by atoms with Crippen LogP contribution in [0, 0.1) is 10.8 Å². The molecule has 0 heterocycles. The Morgan fingerprint density at radius 1 is 1.06 bits per heavy atom. The SMILES string of the molecule is CC(C)(C)CCS(=O)(=O)NCC(C)(C)CCCBr. The molecule has 110 valence electrons. The van der Waals surface area contributed by atoms with Crippen LogP contribution in [0.2, 0.25) is 0 Å². The molecule has 0 spiro atoms. The molecule has 0 aliphatic carbocycles. The van der Waals surface area contributed by atoms with Crippen LogP contribution in [-0.2, 0) is 10.0 Å². The Hall–Kier alpha value is 0.390. The number of sulfonamides is 1. The summed E-state index contributed by atoms with van der Waals surface area (Å²) in [4.78, 5) is 0. The predicted molar refractivity (Wildman–Crippen MR) is 82.7 cm³/mol. The number of hydrogen-bond acceptors (Lipinski definition) is 2. The lowest BCUT2D eigenvalue weighted by Crippen LogP contribution is -2.36. The van der Waals surface area contributed by atoms with Crippen molar-refractivity contribution in [2.45, 2.75) is 53.9 Å². The first kappa shape index (κ1) is 18.4. The average molecular weight is 342 g/mol. The molecule has 0 saturated carbocycles. The first-order chi connectivity index (χ1) is 7.97. The highest BCUT2D eigenvalue weighted by atomic mass is 79.9. The summed E-state index contributed by atoms with van der Waals surface area (Å²) >= 11 is 3.40. The molecular weight excluding hydrogens is 314 g/mol. The second-order valence-electron chi connectivity index (χ2n) is 6.91. The quantitative estimate of drug-likeness (QED) is 0.686. The lowest BCUT2D eigenvalue weighted by molar-refractivity contribution is 0.331. The van der Waals surface area contributed by atoms with Gasteiger partial charge in [0, 0.05) is 11.9 Å². The van der Waals surface area contributed by atoms with E-state index in [1.807, 2.05) is 0 Å². The molecule has 0 aromatic carbocycles. The van der Waals surface area contributed by atoms with E-state index in [9.17, 15) is 8.42 Å². The molecule has 0 bridgehead atoms. The third kappa shape index (κ3) is 10.3. The van der Waals surface area contributed by atoms with Crippen LogP contribution in [0.5, 0.6) is 0 Å². The van der Waals surface area contributed by atoms with Gasteiger partial charge in [-0.05, 0) is 30.1 Å². The molecule has 0 atom stereocenters. The lowest BCUT2D eigenvalue weighted by atomic mass is 9.88. The standard InChI is InChI=1S/C13H28BrNO2S/c1-12(2,3)8-10-18(16,17)15-11-13(4,5)7-6-9-14/h15H,6-11H2,1-5H3. The molecule has 0 aromatic rings. The number of rotatable bonds is 8. The summed E-state index contributed by atoms with van der Waals surface area (Å²) < 4.78 is 26.5. The van der Waals surface area contributed by atoms with Gasteiger partial charge in [-0.3, -0.25) is 0 Å². The molecule has 0 radical (unpaired) electrons. The van der Waals surface area contributed by atoms with Gasteiger partial charge in [-0.15, -0.1) is 0 Å². The smallest absolute Gasteiger partial charge is 0.211 e. The molecule has 3 nitrogen and oxygen atoms in total. The van der Waals surface area contributed by atoms with Gasteiger partial charge in [-0.2, -0.15) is 0 Å². The fourth-order valence-electron chi connectivity index (χ4n) is 1.45. The van der Waals surface area contributed by atoms with E-state index < -0.39 is 10.0 Å². The van der Waals surface area contributed by atoms with Crippen molar-refractivity contribution >= 4 is 26.0 Å². The van der Waals surface area contributed by atoms with Gasteiger partial charge in [0.15, 0.2) is 0 Å². The van der Waals surface area contributed by atoms with Gasteiger partial charge in [0.25, 0.3) is 0 Å². The summed E-state index contributed by atoms with van der Waals surface area (Å²) in [5.41, 5.74) is 0.0722. The molecule has 0 aromatic heterocycles. The summed E-state index contributed by atoms with van der Waals surface area (Å²) in [6, 6.07) is 0. The third-order valence-electron chi connectivity index (χ3n) is 2.88. The summed E-state index contributed by atoms with van der Waals surface area (Å²) in [5.74, 6) is 0.213. The Labute approximate surface area is 121 Å². The monoisotopic (exact) mass is 341 g/mol. The fraction of sp³-hybridized carbons (Fsp3) is 1.00. The first-order valence-corrected chi connectivity index (χ1v) is 9.28. The Kier molecular flexibility index (Phi) is 7.40. The molecule has 1 N–H and O–H groups in total. The van der Waals surface area contributed by atoms with Crippen LogP contribution in [0.4, 0.5) is 0 Å². The summed E-state index contributed by atoms with van der Waals surface area (Å²) in [5, 5.41) is 0.965. The highest BCUT2D eigenvalue weighted by molar-refractivity contribution is 9.09. The van der Waals surface area contributed by atoms with Crippen LogP contribution in [0.25, 0.3) is 0 Å². The maximum absolute atomic E-state index is 11.9. The zero-order chi connectivity index (χ0) is 14.4. The number of alkyl halides is 1. The average Bonchev–Trinajstić information content (AvgIpc) is 2.21. The lowest BCUT2D eigenvalue weighted by Gasteiger charge is -2.25. The van der Waals surface area contributed by atoms with Gasteiger partial charge in [0.05, 0.1) is 5.75 Å². The van der Waals surface area contributed by atoms with Crippen molar-refractivity contribution in [2.24, 2.45) is 10.8 Å². The zero-order valence-electron chi connectivity index (χ0n) is 12.3. The van der Waals surface area contributed by atoms with Crippen LogP contribution in [0.3, 0.4) is 0 Å². The van der Waals surface area contributed by atoms with Crippen LogP contribution in [0.15, 0.2) is 0 Å². The van der Waals surface area contributed by atoms with Gasteiger partial charge in [0.1, 0.15) is 0 Å². The summed E-state index contributed by atoms with van der Waals surface area (Å²) in [6.07, 6.45) is 2.76. The van der Waals surface area contributed by atoms with Gasteiger partial charge in [-0.1, -0.05) is 50.5 Å². The summed E-state index contributed by atoms with van der Waals surface area (Å²) in [7, 11) is -3.13.